The standard InChI is InChI=1S/C23H21FN4O3S/c1-2-30-17-11-9-16(10-12-17)22-26-27-23(28(22)20-8-4-3-7-19(20)24)32-15-21(29)25-14-18-6-5-13-31-18/h3-13H,2,14-15H2,1H3,(H,25,29). The van der Waals surface area contributed by atoms with Crippen LogP contribution in [0.5, 0.6) is 5.75 Å². The minimum Gasteiger partial charge on any atom is -0.494 e. The first kappa shape index (κ1) is 21.6. The molecule has 32 heavy (non-hydrogen) atoms. The summed E-state index contributed by atoms with van der Waals surface area (Å²) in [6.07, 6.45) is 1.55. The van der Waals surface area contributed by atoms with Crippen molar-refractivity contribution >= 4 is 17.7 Å². The lowest BCUT2D eigenvalue weighted by Gasteiger charge is -2.11. The predicted molar refractivity (Wildman–Crippen MR) is 119 cm³/mol. The zero-order valence-corrected chi connectivity index (χ0v) is 18.1. The molecule has 1 amide bonds. The van der Waals surface area contributed by atoms with Crippen LogP contribution in [0.3, 0.4) is 0 Å². The normalized spacial score (nSPS) is 10.8. The van der Waals surface area contributed by atoms with Crippen molar-refractivity contribution in [1.29, 1.82) is 0 Å². The molecule has 4 rings (SSSR count). The average Bonchev–Trinajstić information content (AvgIpc) is 3.47. The third-order valence-corrected chi connectivity index (χ3v) is 5.45. The van der Waals surface area contributed by atoms with Crippen LogP contribution >= 0.6 is 11.8 Å². The number of benzene rings is 2. The molecule has 0 spiro atoms. The first-order valence-electron chi connectivity index (χ1n) is 10.0. The van der Waals surface area contributed by atoms with Crippen LogP contribution in [0.2, 0.25) is 0 Å². The number of carbonyl (C=O) groups is 1. The molecule has 7 nitrogen and oxygen atoms in total. The summed E-state index contributed by atoms with van der Waals surface area (Å²) in [6.45, 7) is 2.77. The van der Waals surface area contributed by atoms with Crippen LogP contribution in [0, 0.1) is 5.82 Å². The van der Waals surface area contributed by atoms with E-state index in [0.717, 1.165) is 11.3 Å². The lowest BCUT2D eigenvalue weighted by molar-refractivity contribution is -0.118. The first-order valence-corrected chi connectivity index (χ1v) is 11.0. The van der Waals surface area contributed by atoms with Crippen molar-refractivity contribution in [1.82, 2.24) is 20.1 Å². The Balaban J connectivity index is 1.58. The SMILES string of the molecule is CCOc1ccc(-c2nnc(SCC(=O)NCc3ccco3)n2-c2ccccc2F)cc1. The van der Waals surface area contributed by atoms with Crippen molar-refractivity contribution in [2.45, 2.75) is 18.6 Å². The highest BCUT2D eigenvalue weighted by Crippen LogP contribution is 2.30. The molecule has 9 heteroatoms. The van der Waals surface area contributed by atoms with Crippen molar-refractivity contribution in [3.8, 4) is 22.8 Å². The minimum absolute atomic E-state index is 0.0938. The molecule has 0 atom stereocenters. The molecular formula is C23H21FN4O3S. The molecule has 0 saturated heterocycles. The summed E-state index contributed by atoms with van der Waals surface area (Å²) in [4.78, 5) is 12.3. The monoisotopic (exact) mass is 452 g/mol. The molecule has 2 aromatic carbocycles. The molecule has 0 aliphatic rings. The fourth-order valence-electron chi connectivity index (χ4n) is 3.05. The molecule has 0 aliphatic heterocycles. The van der Waals surface area contributed by atoms with Gasteiger partial charge in [-0.05, 0) is 55.5 Å². The van der Waals surface area contributed by atoms with Gasteiger partial charge < -0.3 is 14.5 Å². The highest BCUT2D eigenvalue weighted by molar-refractivity contribution is 7.99. The second kappa shape index (κ2) is 10.1. The van der Waals surface area contributed by atoms with Crippen LogP contribution in [0.25, 0.3) is 17.1 Å². The van der Waals surface area contributed by atoms with Crippen LogP contribution in [0.4, 0.5) is 4.39 Å². The van der Waals surface area contributed by atoms with E-state index in [-0.39, 0.29) is 11.7 Å². The predicted octanol–water partition coefficient (Wildman–Crippen LogP) is 4.47. The Kier molecular flexibility index (Phi) is 6.86. The van der Waals surface area contributed by atoms with E-state index in [1.165, 1.54) is 17.8 Å². The summed E-state index contributed by atoms with van der Waals surface area (Å²) >= 11 is 1.18. The Morgan fingerprint density at radius 1 is 1.12 bits per heavy atom. The average molecular weight is 453 g/mol. The topological polar surface area (TPSA) is 82.2 Å². The summed E-state index contributed by atoms with van der Waals surface area (Å²) in [7, 11) is 0. The van der Waals surface area contributed by atoms with Crippen LogP contribution < -0.4 is 10.1 Å². The number of carbonyl (C=O) groups excluding carboxylic acids is 1. The summed E-state index contributed by atoms with van der Waals surface area (Å²) < 4.78 is 27.0. The first-order chi connectivity index (χ1) is 15.7. The van der Waals surface area contributed by atoms with Gasteiger partial charge in [0.05, 0.1) is 30.9 Å². The van der Waals surface area contributed by atoms with Crippen LogP contribution in [-0.2, 0) is 11.3 Å². The second-order valence-electron chi connectivity index (χ2n) is 6.70. The zero-order chi connectivity index (χ0) is 22.3. The maximum atomic E-state index is 14.7. The molecule has 0 unspecified atom stereocenters. The molecule has 2 heterocycles. The number of thioether (sulfide) groups is 1. The summed E-state index contributed by atoms with van der Waals surface area (Å²) in [5.74, 6) is 1.35. The maximum Gasteiger partial charge on any atom is 0.230 e. The number of furan rings is 1. The smallest absolute Gasteiger partial charge is 0.230 e. The van der Waals surface area contributed by atoms with Gasteiger partial charge in [-0.3, -0.25) is 9.36 Å². The molecular weight excluding hydrogens is 431 g/mol. The number of para-hydroxylation sites is 1. The van der Waals surface area contributed by atoms with Gasteiger partial charge in [0.15, 0.2) is 11.0 Å². The lowest BCUT2D eigenvalue weighted by atomic mass is 10.2. The van der Waals surface area contributed by atoms with E-state index in [2.05, 4.69) is 15.5 Å². The lowest BCUT2D eigenvalue weighted by Crippen LogP contribution is -2.24. The highest BCUT2D eigenvalue weighted by atomic mass is 32.2. The van der Waals surface area contributed by atoms with Gasteiger partial charge in [-0.15, -0.1) is 10.2 Å². The number of hydrogen-bond acceptors (Lipinski definition) is 6. The molecule has 0 saturated carbocycles. The maximum absolute atomic E-state index is 14.7. The van der Waals surface area contributed by atoms with Crippen LogP contribution in [0.15, 0.2) is 76.5 Å². The molecule has 0 bridgehead atoms. The summed E-state index contributed by atoms with van der Waals surface area (Å²) in [5.41, 5.74) is 1.05. The number of amides is 1. The number of nitrogens with one attached hydrogen (secondary N) is 1. The van der Waals surface area contributed by atoms with Crippen molar-refractivity contribution < 1.29 is 18.3 Å². The van der Waals surface area contributed by atoms with E-state index in [9.17, 15) is 9.18 Å². The number of hydrogen-bond donors (Lipinski definition) is 1. The molecule has 1 N–H and O–H groups in total. The van der Waals surface area contributed by atoms with Gasteiger partial charge in [-0.2, -0.15) is 0 Å². The van der Waals surface area contributed by atoms with Crippen molar-refractivity contribution in [3.05, 3.63) is 78.5 Å². The third kappa shape index (κ3) is 5.00. The minimum atomic E-state index is -0.413. The van der Waals surface area contributed by atoms with Gasteiger partial charge in [0.2, 0.25) is 5.91 Å². The number of halogens is 1. The molecule has 0 radical (unpaired) electrons. The van der Waals surface area contributed by atoms with Gasteiger partial charge in [-0.1, -0.05) is 23.9 Å². The van der Waals surface area contributed by atoms with Gasteiger partial charge in [-0.25, -0.2) is 4.39 Å². The molecule has 4 aromatic rings. The summed E-state index contributed by atoms with van der Waals surface area (Å²) in [5, 5.41) is 11.7. The van der Waals surface area contributed by atoms with Gasteiger partial charge in [0, 0.05) is 5.56 Å². The fraction of sp³-hybridized carbons (Fsp3) is 0.174. The molecule has 0 aliphatic carbocycles. The molecule has 2 aromatic heterocycles. The Morgan fingerprint density at radius 2 is 1.94 bits per heavy atom. The number of aromatic nitrogens is 3. The number of nitrogens with zero attached hydrogens (tertiary/aromatic N) is 3. The van der Waals surface area contributed by atoms with E-state index in [1.807, 2.05) is 31.2 Å². The van der Waals surface area contributed by atoms with Crippen molar-refractivity contribution in [3.63, 3.8) is 0 Å². The number of rotatable bonds is 9. The van der Waals surface area contributed by atoms with E-state index in [4.69, 9.17) is 9.15 Å². The Bertz CT molecular complexity index is 1180. The van der Waals surface area contributed by atoms with Crippen LogP contribution in [0.1, 0.15) is 12.7 Å². The van der Waals surface area contributed by atoms with E-state index in [1.54, 1.807) is 41.2 Å². The van der Waals surface area contributed by atoms with Gasteiger partial charge in [0.1, 0.15) is 17.3 Å². The quantitative estimate of drug-likeness (QED) is 0.377. The number of ether oxygens (including phenoxy) is 1. The van der Waals surface area contributed by atoms with Crippen LogP contribution in [-0.4, -0.2) is 33.0 Å². The Hall–Kier alpha value is -3.59. The van der Waals surface area contributed by atoms with Crippen molar-refractivity contribution in [2.75, 3.05) is 12.4 Å². The van der Waals surface area contributed by atoms with E-state index in [0.29, 0.717) is 35.6 Å². The van der Waals surface area contributed by atoms with E-state index >= 15 is 0 Å². The Morgan fingerprint density at radius 3 is 2.66 bits per heavy atom. The highest BCUT2D eigenvalue weighted by Gasteiger charge is 2.19. The third-order valence-electron chi connectivity index (χ3n) is 4.52. The Labute approximate surface area is 188 Å². The zero-order valence-electron chi connectivity index (χ0n) is 17.3. The van der Waals surface area contributed by atoms with Crippen molar-refractivity contribution in [2.24, 2.45) is 0 Å². The van der Waals surface area contributed by atoms with E-state index < -0.39 is 5.82 Å². The second-order valence-corrected chi connectivity index (χ2v) is 7.64. The summed E-state index contributed by atoms with van der Waals surface area (Å²) in [6, 6.07) is 17.3. The van der Waals surface area contributed by atoms with Gasteiger partial charge >= 0.3 is 0 Å². The largest absolute Gasteiger partial charge is 0.494 e. The molecule has 164 valence electrons. The van der Waals surface area contributed by atoms with Gasteiger partial charge in [0.25, 0.3) is 0 Å². The molecule has 0 fully saturated rings. The fourth-order valence-corrected chi connectivity index (χ4v) is 3.82.